The molecule has 2 rings (SSSR count). The number of rotatable bonds is 1. The third kappa shape index (κ3) is 3.43. The number of aromatic nitrogens is 2. The normalized spacial score (nSPS) is 16.9. The molecule has 7 heteroatoms. The number of carbonyl (C=O) groups is 3. The van der Waals surface area contributed by atoms with E-state index in [9.17, 15) is 14.4 Å². The third-order valence-corrected chi connectivity index (χ3v) is 2.68. The predicted octanol–water partition coefficient (Wildman–Crippen LogP) is 1.61. The highest BCUT2D eigenvalue weighted by molar-refractivity contribution is 5.89. The van der Waals surface area contributed by atoms with Crippen LogP contribution in [0.15, 0.2) is 12.5 Å². The molecule has 20 heavy (non-hydrogen) atoms. The van der Waals surface area contributed by atoms with E-state index < -0.39 is 23.6 Å². The number of nitrogens with zero attached hydrogens (tertiary/aromatic N) is 2. The van der Waals surface area contributed by atoms with Crippen LogP contribution in [-0.4, -0.2) is 33.2 Å². The molecule has 0 bridgehead atoms. The van der Waals surface area contributed by atoms with Crippen LogP contribution in [0.25, 0.3) is 0 Å². The standard InChI is InChI=1S/C13H16N2O5/c1-13(2,3)20-12(18)15-6-9(14-7-15)8-4-10(16)19-11(17)5-8/h6-8H,4-5H2,1-3H3. The van der Waals surface area contributed by atoms with Gasteiger partial charge in [0.15, 0.2) is 0 Å². The van der Waals surface area contributed by atoms with Gasteiger partial charge in [0.05, 0.1) is 18.5 Å². The van der Waals surface area contributed by atoms with Gasteiger partial charge in [0, 0.05) is 12.1 Å². The molecule has 108 valence electrons. The second kappa shape index (κ2) is 5.07. The van der Waals surface area contributed by atoms with Gasteiger partial charge in [-0.2, -0.15) is 0 Å². The van der Waals surface area contributed by atoms with Gasteiger partial charge in [-0.3, -0.25) is 9.59 Å². The van der Waals surface area contributed by atoms with E-state index in [1.54, 1.807) is 20.8 Å². The molecular formula is C13H16N2O5. The zero-order valence-electron chi connectivity index (χ0n) is 11.6. The summed E-state index contributed by atoms with van der Waals surface area (Å²) in [7, 11) is 0. The minimum Gasteiger partial charge on any atom is -0.443 e. The monoisotopic (exact) mass is 280 g/mol. The Morgan fingerprint density at radius 3 is 2.50 bits per heavy atom. The topological polar surface area (TPSA) is 87.5 Å². The fraction of sp³-hybridized carbons (Fsp3) is 0.538. The summed E-state index contributed by atoms with van der Waals surface area (Å²) in [5, 5.41) is 0. The van der Waals surface area contributed by atoms with Gasteiger partial charge in [-0.15, -0.1) is 0 Å². The molecule has 2 heterocycles. The summed E-state index contributed by atoms with van der Waals surface area (Å²) >= 11 is 0. The molecule has 7 nitrogen and oxygen atoms in total. The van der Waals surface area contributed by atoms with Crippen LogP contribution < -0.4 is 0 Å². The molecule has 1 saturated heterocycles. The molecule has 0 saturated carbocycles. The van der Waals surface area contributed by atoms with Crippen molar-refractivity contribution in [1.29, 1.82) is 0 Å². The van der Waals surface area contributed by atoms with Crippen LogP contribution in [-0.2, 0) is 19.1 Å². The van der Waals surface area contributed by atoms with Gasteiger partial charge in [0.2, 0.25) is 0 Å². The highest BCUT2D eigenvalue weighted by Gasteiger charge is 2.30. The van der Waals surface area contributed by atoms with E-state index in [4.69, 9.17) is 4.74 Å². The van der Waals surface area contributed by atoms with Gasteiger partial charge in [0.25, 0.3) is 0 Å². The minimum absolute atomic E-state index is 0.0804. The van der Waals surface area contributed by atoms with Crippen LogP contribution in [0.4, 0.5) is 4.79 Å². The lowest BCUT2D eigenvalue weighted by atomic mass is 9.96. The lowest BCUT2D eigenvalue weighted by Gasteiger charge is -2.19. The maximum absolute atomic E-state index is 11.8. The van der Waals surface area contributed by atoms with Crippen molar-refractivity contribution in [2.45, 2.75) is 45.1 Å². The van der Waals surface area contributed by atoms with Crippen LogP contribution in [0.3, 0.4) is 0 Å². The molecule has 0 amide bonds. The second-order valence-corrected chi connectivity index (χ2v) is 5.64. The maximum atomic E-state index is 11.8. The van der Waals surface area contributed by atoms with Gasteiger partial charge in [-0.05, 0) is 20.8 Å². The van der Waals surface area contributed by atoms with Crippen molar-refractivity contribution in [3.8, 4) is 0 Å². The Hall–Kier alpha value is -2.18. The number of cyclic esters (lactones) is 2. The summed E-state index contributed by atoms with van der Waals surface area (Å²) in [6, 6.07) is 0. The Bertz CT molecular complexity index is 539. The van der Waals surface area contributed by atoms with E-state index in [2.05, 4.69) is 9.72 Å². The largest absolute Gasteiger partial charge is 0.443 e. The smallest absolute Gasteiger partial charge is 0.419 e. The van der Waals surface area contributed by atoms with Crippen molar-refractivity contribution in [3.63, 3.8) is 0 Å². The molecule has 0 unspecified atom stereocenters. The van der Waals surface area contributed by atoms with Gasteiger partial charge in [-0.1, -0.05) is 0 Å². The summed E-state index contributed by atoms with van der Waals surface area (Å²) < 4.78 is 10.8. The van der Waals surface area contributed by atoms with Crippen molar-refractivity contribution in [3.05, 3.63) is 18.2 Å². The first-order chi connectivity index (χ1) is 9.24. The second-order valence-electron chi connectivity index (χ2n) is 5.64. The average molecular weight is 280 g/mol. The first-order valence-corrected chi connectivity index (χ1v) is 6.25. The van der Waals surface area contributed by atoms with Crippen LogP contribution >= 0.6 is 0 Å². The zero-order valence-corrected chi connectivity index (χ0v) is 11.6. The SMILES string of the molecule is CC(C)(C)OC(=O)n1cnc(C2CC(=O)OC(=O)C2)c1. The molecule has 0 aliphatic carbocycles. The van der Waals surface area contributed by atoms with Gasteiger partial charge < -0.3 is 9.47 Å². The number of ether oxygens (including phenoxy) is 2. The summed E-state index contributed by atoms with van der Waals surface area (Å²) in [5.74, 6) is -1.50. The van der Waals surface area contributed by atoms with Crippen LogP contribution in [0, 0.1) is 0 Å². The van der Waals surface area contributed by atoms with Crippen LogP contribution in [0.1, 0.15) is 45.2 Å². The van der Waals surface area contributed by atoms with Crippen molar-refractivity contribution < 1.29 is 23.9 Å². The molecule has 1 aromatic rings. The number of hydrogen-bond acceptors (Lipinski definition) is 6. The first kappa shape index (κ1) is 14.2. The fourth-order valence-corrected chi connectivity index (χ4v) is 1.86. The predicted molar refractivity (Wildman–Crippen MR) is 66.9 cm³/mol. The minimum atomic E-state index is -0.605. The first-order valence-electron chi connectivity index (χ1n) is 6.25. The molecule has 0 N–H and O–H groups in total. The molecular weight excluding hydrogens is 264 g/mol. The summed E-state index contributed by atoms with van der Waals surface area (Å²) in [6.07, 6.45) is 2.40. The molecule has 1 aliphatic rings. The Labute approximate surface area is 115 Å². The molecule has 0 spiro atoms. The molecule has 0 aromatic carbocycles. The van der Waals surface area contributed by atoms with Crippen LogP contribution in [0.2, 0.25) is 0 Å². The number of carbonyl (C=O) groups excluding carboxylic acids is 3. The van der Waals surface area contributed by atoms with Crippen LogP contribution in [0.5, 0.6) is 0 Å². The average Bonchev–Trinajstić information content (AvgIpc) is 2.74. The van der Waals surface area contributed by atoms with E-state index in [0.717, 1.165) is 0 Å². The summed E-state index contributed by atoms with van der Waals surface area (Å²) in [6.45, 7) is 5.29. The number of imidazole rings is 1. The molecule has 0 atom stereocenters. The fourth-order valence-electron chi connectivity index (χ4n) is 1.86. The molecule has 1 aromatic heterocycles. The summed E-state index contributed by atoms with van der Waals surface area (Å²) in [4.78, 5) is 38.3. The van der Waals surface area contributed by atoms with E-state index in [0.29, 0.717) is 5.69 Å². The Morgan fingerprint density at radius 1 is 1.35 bits per heavy atom. The van der Waals surface area contributed by atoms with Crippen molar-refractivity contribution >= 4 is 18.0 Å². The highest BCUT2D eigenvalue weighted by Crippen LogP contribution is 2.26. The van der Waals surface area contributed by atoms with Crippen molar-refractivity contribution in [2.75, 3.05) is 0 Å². The van der Waals surface area contributed by atoms with E-state index in [-0.39, 0.29) is 18.8 Å². The van der Waals surface area contributed by atoms with Crippen molar-refractivity contribution in [2.24, 2.45) is 0 Å². The van der Waals surface area contributed by atoms with E-state index in [1.807, 2.05) is 0 Å². The molecule has 1 aliphatic heterocycles. The Morgan fingerprint density at radius 2 is 1.95 bits per heavy atom. The van der Waals surface area contributed by atoms with Gasteiger partial charge in [-0.25, -0.2) is 14.3 Å². The third-order valence-electron chi connectivity index (χ3n) is 2.68. The quantitative estimate of drug-likeness (QED) is 0.573. The number of esters is 2. The summed E-state index contributed by atoms with van der Waals surface area (Å²) in [5.41, 5.74) is -0.104. The number of hydrogen-bond donors (Lipinski definition) is 0. The zero-order chi connectivity index (χ0) is 14.9. The molecule has 1 fully saturated rings. The lowest BCUT2D eigenvalue weighted by molar-refractivity contribution is -0.164. The van der Waals surface area contributed by atoms with E-state index in [1.165, 1.54) is 17.1 Å². The Balaban J connectivity index is 2.11. The van der Waals surface area contributed by atoms with Gasteiger partial charge in [0.1, 0.15) is 11.9 Å². The van der Waals surface area contributed by atoms with Gasteiger partial charge >= 0.3 is 18.0 Å². The van der Waals surface area contributed by atoms with E-state index >= 15 is 0 Å². The maximum Gasteiger partial charge on any atom is 0.419 e. The Kier molecular flexibility index (Phi) is 3.61. The highest BCUT2D eigenvalue weighted by atomic mass is 16.6. The van der Waals surface area contributed by atoms with Crippen molar-refractivity contribution in [1.82, 2.24) is 9.55 Å². The molecule has 0 radical (unpaired) electrons. The lowest BCUT2D eigenvalue weighted by Crippen LogP contribution is -2.26.